The van der Waals surface area contributed by atoms with Crippen molar-refractivity contribution in [3.8, 4) is 5.75 Å². The second-order valence-electron chi connectivity index (χ2n) is 7.77. The van der Waals surface area contributed by atoms with Crippen molar-refractivity contribution < 1.29 is 14.3 Å². The Kier molecular flexibility index (Phi) is 5.48. The zero-order valence-electron chi connectivity index (χ0n) is 17.5. The highest BCUT2D eigenvalue weighted by Crippen LogP contribution is 2.32. The molecule has 6 heteroatoms. The van der Waals surface area contributed by atoms with Crippen molar-refractivity contribution in [3.63, 3.8) is 0 Å². The normalized spacial score (nSPS) is 19.0. The van der Waals surface area contributed by atoms with Crippen LogP contribution in [0.15, 0.2) is 55.1 Å². The van der Waals surface area contributed by atoms with E-state index in [-0.39, 0.29) is 24.4 Å². The molecular formula is C24H27N3O3. The van der Waals surface area contributed by atoms with Gasteiger partial charge >= 0.3 is 0 Å². The SMILES string of the molecule is C=C1c2ccccc2C(=O)N1CC(=O)N1CCN(c2ccccc2OC)CCC1C. The molecule has 4 rings (SSSR count). The van der Waals surface area contributed by atoms with Gasteiger partial charge in [-0.25, -0.2) is 0 Å². The van der Waals surface area contributed by atoms with Gasteiger partial charge in [-0.05, 0) is 31.5 Å². The van der Waals surface area contributed by atoms with Gasteiger partial charge in [0.15, 0.2) is 0 Å². The molecule has 0 radical (unpaired) electrons. The molecule has 1 atom stereocenters. The summed E-state index contributed by atoms with van der Waals surface area (Å²) in [4.78, 5) is 31.6. The zero-order chi connectivity index (χ0) is 21.3. The predicted octanol–water partition coefficient (Wildman–Crippen LogP) is 3.25. The van der Waals surface area contributed by atoms with Gasteiger partial charge in [-0.2, -0.15) is 0 Å². The summed E-state index contributed by atoms with van der Waals surface area (Å²) in [5.41, 5.74) is 3.06. The van der Waals surface area contributed by atoms with E-state index in [1.54, 1.807) is 13.2 Å². The molecule has 2 aliphatic heterocycles. The number of hydrogen-bond acceptors (Lipinski definition) is 4. The Hall–Kier alpha value is -3.28. The lowest BCUT2D eigenvalue weighted by Crippen LogP contribution is -2.45. The van der Waals surface area contributed by atoms with Gasteiger partial charge in [0.05, 0.1) is 12.8 Å². The largest absolute Gasteiger partial charge is 0.495 e. The Bertz CT molecular complexity index is 952. The van der Waals surface area contributed by atoms with E-state index in [4.69, 9.17) is 4.74 Å². The molecule has 30 heavy (non-hydrogen) atoms. The van der Waals surface area contributed by atoms with Crippen molar-refractivity contribution in [2.75, 3.05) is 38.2 Å². The van der Waals surface area contributed by atoms with Gasteiger partial charge in [-0.1, -0.05) is 36.9 Å². The fourth-order valence-corrected chi connectivity index (χ4v) is 4.29. The molecule has 2 heterocycles. The van der Waals surface area contributed by atoms with E-state index < -0.39 is 0 Å². The molecule has 0 aromatic heterocycles. The average molecular weight is 405 g/mol. The number of amides is 2. The minimum absolute atomic E-state index is 0.0192. The van der Waals surface area contributed by atoms with Crippen LogP contribution in [0.5, 0.6) is 5.75 Å². The van der Waals surface area contributed by atoms with Gasteiger partial charge in [0.1, 0.15) is 12.3 Å². The second-order valence-corrected chi connectivity index (χ2v) is 7.77. The Morgan fingerprint density at radius 2 is 1.77 bits per heavy atom. The average Bonchev–Trinajstić information content (AvgIpc) is 2.90. The van der Waals surface area contributed by atoms with Crippen molar-refractivity contribution in [1.82, 2.24) is 9.80 Å². The van der Waals surface area contributed by atoms with Gasteiger partial charge in [0.2, 0.25) is 5.91 Å². The van der Waals surface area contributed by atoms with Gasteiger partial charge in [-0.15, -0.1) is 0 Å². The van der Waals surface area contributed by atoms with E-state index >= 15 is 0 Å². The lowest BCUT2D eigenvalue weighted by Gasteiger charge is -2.29. The fraction of sp³-hybridized carbons (Fsp3) is 0.333. The van der Waals surface area contributed by atoms with E-state index in [0.717, 1.165) is 30.0 Å². The molecule has 2 amide bonds. The van der Waals surface area contributed by atoms with Gasteiger partial charge in [0.25, 0.3) is 5.91 Å². The van der Waals surface area contributed by atoms with Crippen LogP contribution in [0.4, 0.5) is 5.69 Å². The lowest BCUT2D eigenvalue weighted by atomic mass is 10.1. The van der Waals surface area contributed by atoms with E-state index in [1.165, 1.54) is 4.90 Å². The highest BCUT2D eigenvalue weighted by molar-refractivity contribution is 6.10. The number of carbonyl (C=O) groups excluding carboxylic acids is 2. The molecule has 2 aliphatic rings. The Labute approximate surface area is 177 Å². The molecule has 0 saturated carbocycles. The quantitative estimate of drug-likeness (QED) is 0.784. The van der Waals surface area contributed by atoms with Crippen molar-refractivity contribution in [2.24, 2.45) is 0 Å². The molecule has 1 saturated heterocycles. The third kappa shape index (κ3) is 3.54. The number of rotatable bonds is 4. The van der Waals surface area contributed by atoms with Crippen molar-refractivity contribution in [3.05, 3.63) is 66.2 Å². The lowest BCUT2D eigenvalue weighted by molar-refractivity contribution is -0.133. The van der Waals surface area contributed by atoms with Crippen LogP contribution in [0, 0.1) is 0 Å². The van der Waals surface area contributed by atoms with Crippen LogP contribution in [0.25, 0.3) is 5.70 Å². The minimum Gasteiger partial charge on any atom is -0.495 e. The molecule has 2 aromatic rings. The standard InChI is InChI=1S/C24H27N3O3/c1-17-12-13-25(21-10-6-7-11-22(21)30-3)14-15-26(17)23(28)16-27-18(2)19-8-4-5-9-20(19)24(27)29/h4-11,17H,2,12-16H2,1,3H3. The van der Waals surface area contributed by atoms with Crippen LogP contribution >= 0.6 is 0 Å². The van der Waals surface area contributed by atoms with E-state index in [2.05, 4.69) is 18.4 Å². The smallest absolute Gasteiger partial charge is 0.259 e. The molecule has 0 aliphatic carbocycles. The Morgan fingerprint density at radius 1 is 1.07 bits per heavy atom. The van der Waals surface area contributed by atoms with E-state index in [0.29, 0.717) is 24.4 Å². The van der Waals surface area contributed by atoms with Crippen molar-refractivity contribution in [2.45, 2.75) is 19.4 Å². The van der Waals surface area contributed by atoms with Crippen LogP contribution in [-0.2, 0) is 4.79 Å². The summed E-state index contributed by atoms with van der Waals surface area (Å²) in [7, 11) is 1.67. The molecular weight excluding hydrogens is 378 g/mol. The molecule has 0 N–H and O–H groups in total. The maximum Gasteiger partial charge on any atom is 0.259 e. The number of anilines is 1. The number of benzene rings is 2. The predicted molar refractivity (Wildman–Crippen MR) is 118 cm³/mol. The van der Waals surface area contributed by atoms with Crippen LogP contribution < -0.4 is 9.64 Å². The van der Waals surface area contributed by atoms with E-state index in [1.807, 2.05) is 47.4 Å². The first-order valence-electron chi connectivity index (χ1n) is 10.3. The van der Waals surface area contributed by atoms with Gasteiger partial charge in [0, 0.05) is 42.5 Å². The zero-order valence-corrected chi connectivity index (χ0v) is 17.5. The minimum atomic E-state index is -0.151. The molecule has 0 spiro atoms. The fourth-order valence-electron chi connectivity index (χ4n) is 4.29. The summed E-state index contributed by atoms with van der Waals surface area (Å²) in [6.07, 6.45) is 0.846. The molecule has 1 unspecified atom stereocenters. The molecule has 156 valence electrons. The summed E-state index contributed by atoms with van der Waals surface area (Å²) in [5.74, 6) is 0.635. The summed E-state index contributed by atoms with van der Waals surface area (Å²) in [6.45, 7) is 8.28. The number of carbonyl (C=O) groups is 2. The second kappa shape index (κ2) is 8.22. The first-order chi connectivity index (χ1) is 14.5. The first kappa shape index (κ1) is 20.0. The maximum absolute atomic E-state index is 13.2. The number of fused-ring (bicyclic) bond motifs is 1. The molecule has 0 bridgehead atoms. The number of methoxy groups -OCH3 is 1. The summed E-state index contributed by atoms with van der Waals surface area (Å²) in [5, 5.41) is 0. The number of nitrogens with zero attached hydrogens (tertiary/aromatic N) is 3. The maximum atomic E-state index is 13.2. The van der Waals surface area contributed by atoms with Gasteiger partial charge < -0.3 is 14.5 Å². The third-order valence-corrected chi connectivity index (χ3v) is 6.04. The number of ether oxygens (including phenoxy) is 1. The topological polar surface area (TPSA) is 53.1 Å². The Morgan fingerprint density at radius 3 is 2.50 bits per heavy atom. The highest BCUT2D eigenvalue weighted by Gasteiger charge is 2.34. The summed E-state index contributed by atoms with van der Waals surface area (Å²) in [6, 6.07) is 15.4. The highest BCUT2D eigenvalue weighted by atomic mass is 16.5. The molecule has 2 aromatic carbocycles. The van der Waals surface area contributed by atoms with Crippen molar-refractivity contribution >= 4 is 23.2 Å². The Balaban J connectivity index is 1.46. The number of hydrogen-bond donors (Lipinski definition) is 0. The van der Waals surface area contributed by atoms with Crippen LogP contribution in [0.1, 0.15) is 29.3 Å². The first-order valence-corrected chi connectivity index (χ1v) is 10.3. The summed E-state index contributed by atoms with van der Waals surface area (Å²) >= 11 is 0. The van der Waals surface area contributed by atoms with Crippen LogP contribution in [-0.4, -0.2) is 60.9 Å². The van der Waals surface area contributed by atoms with Gasteiger partial charge in [-0.3, -0.25) is 14.5 Å². The van der Waals surface area contributed by atoms with Crippen LogP contribution in [0.3, 0.4) is 0 Å². The molecule has 1 fully saturated rings. The molecule has 6 nitrogen and oxygen atoms in total. The number of para-hydroxylation sites is 2. The van der Waals surface area contributed by atoms with Crippen LogP contribution in [0.2, 0.25) is 0 Å². The van der Waals surface area contributed by atoms with E-state index in [9.17, 15) is 9.59 Å². The third-order valence-electron chi connectivity index (χ3n) is 6.04. The monoisotopic (exact) mass is 405 g/mol. The summed E-state index contributed by atoms with van der Waals surface area (Å²) < 4.78 is 5.51. The van der Waals surface area contributed by atoms with Crippen molar-refractivity contribution in [1.29, 1.82) is 0 Å².